The summed E-state index contributed by atoms with van der Waals surface area (Å²) < 4.78 is 16.8. The lowest BCUT2D eigenvalue weighted by atomic mass is 10.0. The smallest absolute Gasteiger partial charge is 0.247 e. The number of hydrogen-bond acceptors (Lipinski definition) is 4. The van der Waals surface area contributed by atoms with Crippen LogP contribution < -0.4 is 5.32 Å². The van der Waals surface area contributed by atoms with E-state index in [0.29, 0.717) is 23.0 Å². The van der Waals surface area contributed by atoms with Gasteiger partial charge in [0.1, 0.15) is 12.4 Å². The fourth-order valence-electron chi connectivity index (χ4n) is 4.10. The number of nitrogens with one attached hydrogen (secondary N) is 1. The van der Waals surface area contributed by atoms with Gasteiger partial charge in [-0.2, -0.15) is 10.2 Å². The number of hydrogen-bond donors (Lipinski definition) is 1. The molecule has 3 aromatic heterocycles. The van der Waals surface area contributed by atoms with E-state index in [0.717, 1.165) is 33.5 Å². The third kappa shape index (κ3) is 4.65. The number of carbonyl (C=O) groups excluding carboxylic acids is 1. The van der Waals surface area contributed by atoms with Gasteiger partial charge >= 0.3 is 0 Å². The molecule has 2 aromatic carbocycles. The van der Waals surface area contributed by atoms with Crippen LogP contribution in [-0.2, 0) is 17.9 Å². The molecule has 0 saturated carbocycles. The van der Waals surface area contributed by atoms with Crippen LogP contribution >= 0.6 is 11.6 Å². The molecule has 0 aliphatic rings. The highest BCUT2D eigenvalue weighted by molar-refractivity contribution is 6.31. The number of amides is 1. The fraction of sp³-hybridized carbons (Fsp3) is 0.154. The highest BCUT2D eigenvalue weighted by Gasteiger charge is 2.17. The maximum Gasteiger partial charge on any atom is 0.247 e. The van der Waals surface area contributed by atoms with Gasteiger partial charge in [0.2, 0.25) is 5.91 Å². The average molecular weight is 489 g/mol. The number of carbonyl (C=O) groups is 1. The molecule has 0 fully saturated rings. The van der Waals surface area contributed by atoms with Gasteiger partial charge in [-0.1, -0.05) is 41.9 Å². The van der Waals surface area contributed by atoms with Crippen molar-refractivity contribution in [1.82, 2.24) is 24.5 Å². The van der Waals surface area contributed by atoms with Crippen molar-refractivity contribution in [2.75, 3.05) is 5.32 Å². The summed E-state index contributed by atoms with van der Waals surface area (Å²) in [7, 11) is 0. The highest BCUT2D eigenvalue weighted by Crippen LogP contribution is 2.30. The Morgan fingerprint density at radius 1 is 1.03 bits per heavy atom. The molecule has 0 saturated heterocycles. The van der Waals surface area contributed by atoms with Crippen LogP contribution in [-0.4, -0.2) is 30.5 Å². The number of anilines is 1. The number of aryl methyl sites for hydroxylation is 2. The van der Waals surface area contributed by atoms with Crippen molar-refractivity contribution >= 4 is 34.4 Å². The molecule has 0 atom stereocenters. The molecule has 35 heavy (non-hydrogen) atoms. The molecule has 1 amide bonds. The lowest BCUT2D eigenvalue weighted by molar-refractivity contribution is -0.116. The number of pyridine rings is 1. The van der Waals surface area contributed by atoms with E-state index in [1.807, 2.05) is 50.2 Å². The van der Waals surface area contributed by atoms with Crippen molar-refractivity contribution in [2.45, 2.75) is 26.9 Å². The van der Waals surface area contributed by atoms with E-state index >= 15 is 0 Å². The van der Waals surface area contributed by atoms with Crippen LogP contribution in [0.25, 0.3) is 22.2 Å². The van der Waals surface area contributed by atoms with Gasteiger partial charge in [0, 0.05) is 28.4 Å². The van der Waals surface area contributed by atoms with Crippen molar-refractivity contribution in [2.24, 2.45) is 0 Å². The van der Waals surface area contributed by atoms with E-state index in [2.05, 4.69) is 20.5 Å². The summed E-state index contributed by atoms with van der Waals surface area (Å²) in [5, 5.41) is 13.4. The maximum atomic E-state index is 13.4. The van der Waals surface area contributed by atoms with Gasteiger partial charge in [-0.15, -0.1) is 0 Å². The standard InChI is InChI=1S/C26H22ClFN6O/c1-16-13-23(32-33(16)14-19-5-3-4-6-22(19)27)30-24(35)15-34-26-25(17(2)31-34)21(11-12-29-26)18-7-9-20(28)10-8-18/h3-13H,14-15H2,1-2H3,(H,30,32,35). The Hall–Kier alpha value is -4.04. The van der Waals surface area contributed by atoms with Crippen LogP contribution in [0, 0.1) is 19.7 Å². The second-order valence-corrected chi connectivity index (χ2v) is 8.68. The number of rotatable bonds is 6. The molecule has 0 radical (unpaired) electrons. The first-order valence-electron chi connectivity index (χ1n) is 11.0. The Bertz CT molecular complexity index is 1540. The van der Waals surface area contributed by atoms with Crippen molar-refractivity contribution < 1.29 is 9.18 Å². The minimum atomic E-state index is -0.298. The Morgan fingerprint density at radius 3 is 2.57 bits per heavy atom. The summed E-state index contributed by atoms with van der Waals surface area (Å²) in [4.78, 5) is 17.3. The quantitative estimate of drug-likeness (QED) is 0.347. The van der Waals surface area contributed by atoms with Crippen molar-refractivity contribution in [3.05, 3.63) is 94.7 Å². The maximum absolute atomic E-state index is 13.4. The second kappa shape index (κ2) is 9.31. The Morgan fingerprint density at radius 2 is 1.80 bits per heavy atom. The molecule has 0 unspecified atom stereocenters. The molecule has 0 aliphatic heterocycles. The third-order valence-electron chi connectivity index (χ3n) is 5.78. The fourth-order valence-corrected chi connectivity index (χ4v) is 4.29. The van der Waals surface area contributed by atoms with E-state index in [4.69, 9.17) is 11.6 Å². The normalized spacial score (nSPS) is 11.2. The zero-order valence-electron chi connectivity index (χ0n) is 19.2. The van der Waals surface area contributed by atoms with Crippen LogP contribution in [0.5, 0.6) is 0 Å². The molecule has 7 nitrogen and oxygen atoms in total. The molecule has 176 valence electrons. The molecular weight excluding hydrogens is 467 g/mol. The third-order valence-corrected chi connectivity index (χ3v) is 6.15. The lowest BCUT2D eigenvalue weighted by Gasteiger charge is -2.07. The summed E-state index contributed by atoms with van der Waals surface area (Å²) in [6.45, 7) is 4.26. The van der Waals surface area contributed by atoms with E-state index in [9.17, 15) is 9.18 Å². The Labute approximate surface area is 206 Å². The Balaban J connectivity index is 1.36. The summed E-state index contributed by atoms with van der Waals surface area (Å²) >= 11 is 6.27. The first-order chi connectivity index (χ1) is 16.9. The molecule has 0 aliphatic carbocycles. The zero-order valence-corrected chi connectivity index (χ0v) is 19.9. The molecule has 5 rings (SSSR count). The number of nitrogens with zero attached hydrogens (tertiary/aromatic N) is 5. The molecule has 9 heteroatoms. The largest absolute Gasteiger partial charge is 0.308 e. The molecule has 1 N–H and O–H groups in total. The van der Waals surface area contributed by atoms with E-state index in [1.165, 1.54) is 12.1 Å². The molecule has 0 bridgehead atoms. The summed E-state index contributed by atoms with van der Waals surface area (Å²) in [5.74, 6) is -0.119. The summed E-state index contributed by atoms with van der Waals surface area (Å²) in [5.41, 5.74) is 4.89. The van der Waals surface area contributed by atoms with Gasteiger partial charge in [-0.25, -0.2) is 14.1 Å². The first kappa shape index (κ1) is 22.7. The molecule has 3 heterocycles. The van der Waals surface area contributed by atoms with Crippen LogP contribution in [0.15, 0.2) is 66.9 Å². The van der Waals surface area contributed by atoms with Crippen molar-refractivity contribution in [1.29, 1.82) is 0 Å². The van der Waals surface area contributed by atoms with Gasteiger partial charge in [0.05, 0.1) is 12.2 Å². The van der Waals surface area contributed by atoms with Gasteiger partial charge in [-0.05, 0) is 54.8 Å². The topological polar surface area (TPSA) is 77.6 Å². The number of aromatic nitrogens is 5. The minimum Gasteiger partial charge on any atom is -0.308 e. The van der Waals surface area contributed by atoms with Gasteiger partial charge < -0.3 is 5.32 Å². The monoisotopic (exact) mass is 488 g/mol. The second-order valence-electron chi connectivity index (χ2n) is 8.28. The number of halogens is 2. The Kier molecular flexibility index (Phi) is 6.05. The van der Waals surface area contributed by atoms with Crippen LogP contribution in [0.4, 0.5) is 10.2 Å². The van der Waals surface area contributed by atoms with Crippen LogP contribution in [0.3, 0.4) is 0 Å². The molecule has 5 aromatic rings. The molecule has 0 spiro atoms. The number of fused-ring (bicyclic) bond motifs is 1. The highest BCUT2D eigenvalue weighted by atomic mass is 35.5. The molecular formula is C26H22ClFN6O. The van der Waals surface area contributed by atoms with Gasteiger partial charge in [-0.3, -0.25) is 9.48 Å². The van der Waals surface area contributed by atoms with E-state index < -0.39 is 0 Å². The SMILES string of the molecule is Cc1nn(CC(=O)Nc2cc(C)n(Cc3ccccc3Cl)n2)c2nccc(-c3ccc(F)cc3)c12. The number of benzene rings is 2. The summed E-state index contributed by atoms with van der Waals surface area (Å²) in [6, 6.07) is 17.5. The first-order valence-corrected chi connectivity index (χ1v) is 11.4. The summed E-state index contributed by atoms with van der Waals surface area (Å²) in [6.07, 6.45) is 1.66. The van der Waals surface area contributed by atoms with Crippen LogP contribution in [0.1, 0.15) is 17.0 Å². The van der Waals surface area contributed by atoms with E-state index in [1.54, 1.807) is 27.7 Å². The predicted molar refractivity (Wildman–Crippen MR) is 134 cm³/mol. The van der Waals surface area contributed by atoms with Gasteiger partial charge in [0.15, 0.2) is 11.5 Å². The lowest BCUT2D eigenvalue weighted by Crippen LogP contribution is -2.20. The minimum absolute atomic E-state index is 0.0272. The van der Waals surface area contributed by atoms with Crippen molar-refractivity contribution in [3.63, 3.8) is 0 Å². The van der Waals surface area contributed by atoms with Gasteiger partial charge in [0.25, 0.3) is 0 Å². The zero-order chi connectivity index (χ0) is 24.5. The van der Waals surface area contributed by atoms with Crippen molar-refractivity contribution in [3.8, 4) is 11.1 Å². The van der Waals surface area contributed by atoms with Crippen LogP contribution in [0.2, 0.25) is 5.02 Å². The predicted octanol–water partition coefficient (Wildman–Crippen LogP) is 5.39. The van der Waals surface area contributed by atoms with E-state index in [-0.39, 0.29) is 18.3 Å². The average Bonchev–Trinajstić information content (AvgIpc) is 3.34.